The minimum atomic E-state index is -4.69. The molecule has 0 atom stereocenters. The van der Waals surface area contributed by atoms with Crippen molar-refractivity contribution in [2.75, 3.05) is 0 Å². The molecule has 146 valence electrons. The van der Waals surface area contributed by atoms with Crippen molar-refractivity contribution in [1.29, 1.82) is 0 Å². The monoisotopic (exact) mass is 379 g/mol. The average molecular weight is 379 g/mol. The summed E-state index contributed by atoms with van der Waals surface area (Å²) in [7, 11) is 0. The van der Waals surface area contributed by atoms with Gasteiger partial charge in [0.15, 0.2) is 5.69 Å². The van der Waals surface area contributed by atoms with Crippen LogP contribution in [0, 0.1) is 12.8 Å². The summed E-state index contributed by atoms with van der Waals surface area (Å²) in [5.41, 5.74) is -0.262. The molecule has 1 aromatic carbocycles. The third-order valence-corrected chi connectivity index (χ3v) is 5.32. The molecule has 1 fully saturated rings. The van der Waals surface area contributed by atoms with E-state index in [1.165, 1.54) is 0 Å². The second-order valence-electron chi connectivity index (χ2n) is 7.25. The molecule has 2 aromatic rings. The Morgan fingerprint density at radius 3 is 2.37 bits per heavy atom. The van der Waals surface area contributed by atoms with Crippen LogP contribution < -0.4 is 5.32 Å². The topological polar surface area (TPSA) is 46.9 Å². The summed E-state index contributed by atoms with van der Waals surface area (Å²) in [6.45, 7) is 3.99. The fourth-order valence-electron chi connectivity index (χ4n) is 3.65. The van der Waals surface area contributed by atoms with Gasteiger partial charge in [-0.1, -0.05) is 31.0 Å². The average Bonchev–Trinajstić information content (AvgIpc) is 3.09. The van der Waals surface area contributed by atoms with Gasteiger partial charge in [0.05, 0.1) is 17.4 Å². The van der Waals surface area contributed by atoms with Crippen molar-refractivity contribution in [2.24, 2.45) is 5.92 Å². The lowest BCUT2D eigenvalue weighted by atomic mass is 9.84. The molecular weight excluding hydrogens is 355 g/mol. The number of aryl methyl sites for hydroxylation is 1. The van der Waals surface area contributed by atoms with Gasteiger partial charge in [-0.05, 0) is 50.7 Å². The van der Waals surface area contributed by atoms with Gasteiger partial charge in [-0.2, -0.15) is 18.3 Å². The number of halogens is 3. The summed E-state index contributed by atoms with van der Waals surface area (Å²) in [4.78, 5) is 12.6. The number of carbonyl (C=O) groups excluding carboxylic acids is 1. The molecule has 27 heavy (non-hydrogen) atoms. The second-order valence-corrected chi connectivity index (χ2v) is 7.25. The lowest BCUT2D eigenvalue weighted by Crippen LogP contribution is -2.38. The molecule has 7 heteroatoms. The number of nitrogens with zero attached hydrogens (tertiary/aromatic N) is 2. The Labute approximate surface area is 156 Å². The van der Waals surface area contributed by atoms with Crippen LogP contribution in [0.4, 0.5) is 13.2 Å². The summed E-state index contributed by atoms with van der Waals surface area (Å²) in [6, 6.07) is 6.46. The van der Waals surface area contributed by atoms with Gasteiger partial charge in [0, 0.05) is 6.04 Å². The molecule has 1 heterocycles. The van der Waals surface area contributed by atoms with E-state index in [9.17, 15) is 18.0 Å². The van der Waals surface area contributed by atoms with Gasteiger partial charge in [0.25, 0.3) is 5.91 Å². The number of carbonyl (C=O) groups is 1. The lowest BCUT2D eigenvalue weighted by Gasteiger charge is -2.28. The minimum absolute atomic E-state index is 0.0795. The number of benzene rings is 1. The molecule has 4 nitrogen and oxygen atoms in total. The predicted molar refractivity (Wildman–Crippen MR) is 96.8 cm³/mol. The Kier molecular flexibility index (Phi) is 5.58. The smallest absolute Gasteiger partial charge is 0.349 e. The summed E-state index contributed by atoms with van der Waals surface area (Å²) in [5.74, 6) is -0.0613. The molecule has 0 aliphatic heterocycles. The van der Waals surface area contributed by atoms with E-state index >= 15 is 0 Å². The highest BCUT2D eigenvalue weighted by molar-refractivity contribution is 5.95. The first-order chi connectivity index (χ1) is 12.8. The largest absolute Gasteiger partial charge is 0.434 e. The zero-order valence-corrected chi connectivity index (χ0v) is 15.5. The number of alkyl halides is 3. The molecule has 0 saturated heterocycles. The Balaban J connectivity index is 1.85. The second kappa shape index (κ2) is 7.74. The van der Waals surface area contributed by atoms with E-state index in [-0.39, 0.29) is 11.7 Å². The molecule has 0 spiro atoms. The van der Waals surface area contributed by atoms with Crippen molar-refractivity contribution in [3.8, 4) is 5.69 Å². The molecule has 1 N–H and O–H groups in total. The molecule has 1 saturated carbocycles. The van der Waals surface area contributed by atoms with Crippen molar-refractivity contribution < 1.29 is 18.0 Å². The van der Waals surface area contributed by atoms with Crippen LogP contribution in [0.2, 0.25) is 0 Å². The van der Waals surface area contributed by atoms with Crippen molar-refractivity contribution in [3.05, 3.63) is 47.3 Å². The van der Waals surface area contributed by atoms with Gasteiger partial charge < -0.3 is 5.32 Å². The first-order valence-electron chi connectivity index (χ1n) is 9.32. The molecular formula is C20H24F3N3O. The van der Waals surface area contributed by atoms with E-state index in [1.807, 2.05) is 6.92 Å². The highest BCUT2D eigenvalue weighted by Crippen LogP contribution is 2.34. The first-order valence-corrected chi connectivity index (χ1v) is 9.32. The van der Waals surface area contributed by atoms with Gasteiger partial charge in [-0.15, -0.1) is 0 Å². The van der Waals surface area contributed by atoms with E-state index in [0.29, 0.717) is 5.92 Å². The number of hydrogen-bond acceptors (Lipinski definition) is 2. The molecule has 1 aromatic heterocycles. The predicted octanol–water partition coefficient (Wildman–Crippen LogP) is 4.90. The summed E-state index contributed by atoms with van der Waals surface area (Å²) >= 11 is 0. The van der Waals surface area contributed by atoms with Crippen molar-refractivity contribution >= 4 is 5.91 Å². The van der Waals surface area contributed by atoms with Gasteiger partial charge >= 0.3 is 6.18 Å². The van der Waals surface area contributed by atoms with E-state index in [0.717, 1.165) is 48.5 Å². The molecule has 3 rings (SSSR count). The molecule has 1 aliphatic rings. The number of aromatic nitrogens is 2. The van der Waals surface area contributed by atoms with Crippen LogP contribution in [0.1, 0.15) is 60.6 Å². The number of nitrogens with one attached hydrogen (secondary N) is 1. The third-order valence-electron chi connectivity index (χ3n) is 5.32. The van der Waals surface area contributed by atoms with Crippen LogP contribution in [0.3, 0.4) is 0 Å². The Morgan fingerprint density at radius 1 is 1.19 bits per heavy atom. The molecule has 1 amide bonds. The minimum Gasteiger partial charge on any atom is -0.349 e. The fraction of sp³-hybridized carbons (Fsp3) is 0.500. The van der Waals surface area contributed by atoms with Crippen LogP contribution in [0.15, 0.2) is 30.5 Å². The van der Waals surface area contributed by atoms with Gasteiger partial charge in [0.1, 0.15) is 0 Å². The van der Waals surface area contributed by atoms with E-state index < -0.39 is 23.3 Å². The molecule has 0 unspecified atom stereocenters. The van der Waals surface area contributed by atoms with Crippen LogP contribution in [-0.4, -0.2) is 21.7 Å². The van der Waals surface area contributed by atoms with Crippen LogP contribution >= 0.6 is 0 Å². The van der Waals surface area contributed by atoms with Crippen molar-refractivity contribution in [1.82, 2.24) is 15.1 Å². The molecule has 1 aliphatic carbocycles. The van der Waals surface area contributed by atoms with Crippen LogP contribution in [0.5, 0.6) is 0 Å². The number of hydrogen-bond donors (Lipinski definition) is 1. The lowest BCUT2D eigenvalue weighted by molar-refractivity contribution is -0.143. The van der Waals surface area contributed by atoms with Crippen molar-refractivity contribution in [3.63, 3.8) is 0 Å². The van der Waals surface area contributed by atoms with Gasteiger partial charge in [-0.3, -0.25) is 4.79 Å². The molecule has 0 radical (unpaired) electrons. The Morgan fingerprint density at radius 2 is 1.81 bits per heavy atom. The summed E-state index contributed by atoms with van der Waals surface area (Å²) in [5, 5.41) is 6.63. The maximum Gasteiger partial charge on any atom is 0.434 e. The van der Waals surface area contributed by atoms with E-state index in [1.54, 1.807) is 24.3 Å². The van der Waals surface area contributed by atoms with E-state index in [2.05, 4.69) is 17.3 Å². The number of rotatable bonds is 4. The zero-order chi connectivity index (χ0) is 19.6. The quantitative estimate of drug-likeness (QED) is 0.821. The Hall–Kier alpha value is -2.31. The summed E-state index contributed by atoms with van der Waals surface area (Å²) in [6.07, 6.45) is 1.02. The standard InChI is InChI=1S/C20H24F3N3O/c1-3-14-6-8-15(9-7-14)25-19(27)17-12-24-26(18(17)20(21,22)23)16-10-4-13(2)5-11-16/h4-5,10-12,14-15H,3,6-9H2,1-2H3,(H,25,27). The normalized spacial score (nSPS) is 20.5. The van der Waals surface area contributed by atoms with E-state index in [4.69, 9.17) is 0 Å². The SMILES string of the molecule is CCC1CCC(NC(=O)c2cnn(-c3ccc(C)cc3)c2C(F)(F)F)CC1. The maximum atomic E-state index is 13.7. The van der Waals surface area contributed by atoms with Crippen LogP contribution in [-0.2, 0) is 6.18 Å². The third kappa shape index (κ3) is 4.34. The molecule has 0 bridgehead atoms. The first kappa shape index (κ1) is 19.5. The highest BCUT2D eigenvalue weighted by Gasteiger charge is 2.41. The van der Waals surface area contributed by atoms with Crippen LogP contribution in [0.25, 0.3) is 5.69 Å². The fourth-order valence-corrected chi connectivity index (χ4v) is 3.65. The van der Waals surface area contributed by atoms with Gasteiger partial charge in [-0.25, -0.2) is 4.68 Å². The Bertz CT molecular complexity index is 788. The zero-order valence-electron chi connectivity index (χ0n) is 15.5. The maximum absolute atomic E-state index is 13.7. The highest BCUT2D eigenvalue weighted by atomic mass is 19.4. The number of amides is 1. The van der Waals surface area contributed by atoms with Gasteiger partial charge in [0.2, 0.25) is 0 Å². The van der Waals surface area contributed by atoms with Crippen molar-refractivity contribution in [2.45, 2.75) is 58.2 Å². The summed E-state index contributed by atoms with van der Waals surface area (Å²) < 4.78 is 41.9.